The minimum Gasteiger partial charge on any atom is -0.394 e. The molecule has 5 rings (SSSR count). The molecule has 1 aliphatic rings. The summed E-state index contributed by atoms with van der Waals surface area (Å²) >= 11 is 12.7. The molecule has 0 amide bonds. The molecule has 4 aromatic rings. The van der Waals surface area contributed by atoms with Crippen molar-refractivity contribution < 1.29 is 10.2 Å². The lowest BCUT2D eigenvalue weighted by atomic mass is 9.75. The molecule has 3 N–H and O–H groups in total. The van der Waals surface area contributed by atoms with Crippen molar-refractivity contribution in [1.82, 2.24) is 19.3 Å². The zero-order chi connectivity index (χ0) is 23.2. The van der Waals surface area contributed by atoms with Crippen LogP contribution in [0.1, 0.15) is 18.4 Å². The van der Waals surface area contributed by atoms with Gasteiger partial charge in [-0.3, -0.25) is 14.0 Å². The number of aliphatic hydroxyl groups is 2. The Balaban J connectivity index is 1.50. The van der Waals surface area contributed by atoms with Crippen molar-refractivity contribution in [1.29, 1.82) is 0 Å². The van der Waals surface area contributed by atoms with E-state index in [2.05, 4.69) is 15.4 Å². The van der Waals surface area contributed by atoms with Gasteiger partial charge in [0.15, 0.2) is 0 Å². The summed E-state index contributed by atoms with van der Waals surface area (Å²) in [4.78, 5) is 17.6. The zero-order valence-electron chi connectivity index (χ0n) is 17.4. The Hall–Kier alpha value is -2.91. The summed E-state index contributed by atoms with van der Waals surface area (Å²) in [5.74, 6) is 0.455. The normalized spacial score (nSPS) is 20.1. The highest BCUT2D eigenvalue weighted by molar-refractivity contribution is 6.32. The third-order valence-corrected chi connectivity index (χ3v) is 6.69. The Morgan fingerprint density at radius 1 is 1.15 bits per heavy atom. The summed E-state index contributed by atoms with van der Waals surface area (Å²) in [6.45, 7) is 0.298. The average molecular weight is 486 g/mol. The maximum absolute atomic E-state index is 13.3. The number of nitrogens with one attached hydrogen (secondary N) is 1. The molecule has 3 aromatic heterocycles. The first kappa shape index (κ1) is 21.9. The first-order valence-electron chi connectivity index (χ1n) is 10.4. The molecule has 170 valence electrons. The second-order valence-corrected chi connectivity index (χ2v) is 9.14. The second kappa shape index (κ2) is 8.46. The van der Waals surface area contributed by atoms with Gasteiger partial charge in [0.05, 0.1) is 58.8 Å². The number of anilines is 1. The molecule has 3 heterocycles. The van der Waals surface area contributed by atoms with Crippen LogP contribution in [-0.4, -0.2) is 47.8 Å². The summed E-state index contributed by atoms with van der Waals surface area (Å²) < 4.78 is 3.18. The highest BCUT2D eigenvalue weighted by atomic mass is 35.5. The van der Waals surface area contributed by atoms with Crippen LogP contribution in [0.5, 0.6) is 0 Å². The predicted molar refractivity (Wildman–Crippen MR) is 127 cm³/mol. The molecule has 8 nitrogen and oxygen atoms in total. The van der Waals surface area contributed by atoms with Gasteiger partial charge in [0, 0.05) is 17.3 Å². The summed E-state index contributed by atoms with van der Waals surface area (Å²) in [5.41, 5.74) is 1.13. The number of hydrogen-bond donors (Lipinski definition) is 3. The maximum atomic E-state index is 13.3. The Labute approximate surface area is 199 Å². The molecule has 0 unspecified atom stereocenters. The fraction of sp³-hybridized carbons (Fsp3) is 0.261. The predicted octanol–water partition coefficient (Wildman–Crippen LogP) is 3.24. The molecule has 1 saturated carbocycles. The highest BCUT2D eigenvalue weighted by Gasteiger charge is 2.43. The third-order valence-electron chi connectivity index (χ3n) is 6.03. The molecule has 0 saturated heterocycles. The number of halogens is 2. The lowest BCUT2D eigenvalue weighted by Gasteiger charge is -2.45. The molecule has 1 fully saturated rings. The number of aromatic nitrogens is 4. The number of aliphatic hydroxyl groups excluding tert-OH is 2. The lowest BCUT2D eigenvalue weighted by molar-refractivity contribution is 0.00484. The van der Waals surface area contributed by atoms with Gasteiger partial charge in [-0.05, 0) is 30.5 Å². The molecular weight excluding hydrogens is 465 g/mol. The van der Waals surface area contributed by atoms with Crippen LogP contribution in [0, 0.1) is 0 Å². The van der Waals surface area contributed by atoms with Gasteiger partial charge >= 0.3 is 0 Å². The number of hydrogen-bond acceptors (Lipinski definition) is 6. The van der Waals surface area contributed by atoms with E-state index in [4.69, 9.17) is 23.2 Å². The Kier molecular flexibility index (Phi) is 5.62. The van der Waals surface area contributed by atoms with Crippen LogP contribution < -0.4 is 10.9 Å². The average Bonchev–Trinajstić information content (AvgIpc) is 3.19. The Morgan fingerprint density at radius 3 is 2.67 bits per heavy atom. The highest BCUT2D eigenvalue weighted by Crippen LogP contribution is 2.35. The quantitative estimate of drug-likeness (QED) is 0.387. The molecule has 0 bridgehead atoms. The minimum atomic E-state index is -0.633. The molecule has 10 heteroatoms. The molecule has 1 aliphatic carbocycles. The minimum absolute atomic E-state index is 0.139. The number of benzene rings is 1. The van der Waals surface area contributed by atoms with Gasteiger partial charge in [-0.15, -0.1) is 0 Å². The SMILES string of the molecule is O=c1c2cnn(Cc3ccccc3Cl)c2ccn1-c1cc(NC2(CO)CC(O)C2)ncc1Cl. The number of rotatable bonds is 6. The molecular formula is C23H21Cl2N5O3. The van der Waals surface area contributed by atoms with Gasteiger partial charge in [0.1, 0.15) is 5.82 Å². The Morgan fingerprint density at radius 2 is 1.94 bits per heavy atom. The van der Waals surface area contributed by atoms with Crippen molar-refractivity contribution in [3.63, 3.8) is 0 Å². The van der Waals surface area contributed by atoms with Crippen molar-refractivity contribution in [3.8, 4) is 5.69 Å². The van der Waals surface area contributed by atoms with Crippen molar-refractivity contribution in [2.75, 3.05) is 11.9 Å². The summed E-state index contributed by atoms with van der Waals surface area (Å²) in [6, 6.07) is 11.0. The van der Waals surface area contributed by atoms with Crippen molar-refractivity contribution >= 4 is 39.9 Å². The number of fused-ring (bicyclic) bond motifs is 1. The van der Waals surface area contributed by atoms with Crippen molar-refractivity contribution in [2.24, 2.45) is 0 Å². The first-order chi connectivity index (χ1) is 15.9. The fourth-order valence-electron chi connectivity index (χ4n) is 4.25. The van der Waals surface area contributed by atoms with Crippen LogP contribution in [-0.2, 0) is 6.54 Å². The van der Waals surface area contributed by atoms with Crippen molar-refractivity contribution in [3.05, 3.63) is 81.0 Å². The van der Waals surface area contributed by atoms with Crippen LogP contribution in [0.25, 0.3) is 16.6 Å². The molecule has 0 atom stereocenters. The van der Waals surface area contributed by atoms with Gasteiger partial charge in [-0.2, -0.15) is 5.10 Å². The third kappa shape index (κ3) is 4.00. The Bertz CT molecular complexity index is 1390. The monoisotopic (exact) mass is 485 g/mol. The van der Waals surface area contributed by atoms with Crippen LogP contribution >= 0.6 is 23.2 Å². The van der Waals surface area contributed by atoms with E-state index in [9.17, 15) is 15.0 Å². The van der Waals surface area contributed by atoms with E-state index >= 15 is 0 Å². The van der Waals surface area contributed by atoms with Crippen LogP contribution in [0.15, 0.2) is 59.8 Å². The van der Waals surface area contributed by atoms with Crippen LogP contribution in [0.4, 0.5) is 5.82 Å². The lowest BCUT2D eigenvalue weighted by Crippen LogP contribution is -2.55. The second-order valence-electron chi connectivity index (χ2n) is 8.33. The van der Waals surface area contributed by atoms with E-state index in [0.29, 0.717) is 51.8 Å². The topological polar surface area (TPSA) is 105 Å². The van der Waals surface area contributed by atoms with Crippen LogP contribution in [0.3, 0.4) is 0 Å². The molecule has 33 heavy (non-hydrogen) atoms. The maximum Gasteiger partial charge on any atom is 0.266 e. The number of pyridine rings is 2. The fourth-order valence-corrected chi connectivity index (χ4v) is 4.64. The largest absolute Gasteiger partial charge is 0.394 e. The summed E-state index contributed by atoms with van der Waals surface area (Å²) in [6.07, 6.45) is 5.02. The first-order valence-corrected chi connectivity index (χ1v) is 11.2. The molecule has 0 radical (unpaired) electrons. The molecule has 1 aromatic carbocycles. The van der Waals surface area contributed by atoms with Gasteiger partial charge in [0.25, 0.3) is 5.56 Å². The van der Waals surface area contributed by atoms with Gasteiger partial charge in [-0.25, -0.2) is 4.98 Å². The summed E-state index contributed by atoms with van der Waals surface area (Å²) in [5, 5.41) is 28.4. The molecule has 0 spiro atoms. The summed E-state index contributed by atoms with van der Waals surface area (Å²) in [7, 11) is 0. The van der Waals surface area contributed by atoms with E-state index < -0.39 is 11.6 Å². The van der Waals surface area contributed by atoms with Crippen LogP contribution in [0.2, 0.25) is 10.0 Å². The number of nitrogens with zero attached hydrogens (tertiary/aromatic N) is 4. The molecule has 0 aliphatic heterocycles. The van der Waals surface area contributed by atoms with E-state index in [1.165, 1.54) is 17.0 Å². The van der Waals surface area contributed by atoms with Gasteiger partial charge in [-0.1, -0.05) is 41.4 Å². The van der Waals surface area contributed by atoms with E-state index in [0.717, 1.165) is 5.56 Å². The smallest absolute Gasteiger partial charge is 0.266 e. The van der Waals surface area contributed by atoms with E-state index in [1.807, 2.05) is 30.3 Å². The van der Waals surface area contributed by atoms with E-state index in [1.54, 1.807) is 16.9 Å². The van der Waals surface area contributed by atoms with Crippen molar-refractivity contribution in [2.45, 2.75) is 31.0 Å². The standard InChI is InChI=1S/C23H21Cl2N5O3/c24-17-4-2-1-3-14(17)12-30-19-5-6-29(22(33)16(19)10-27-30)20-7-21(26-11-18(20)25)28-23(13-31)8-15(32)9-23/h1-7,10-11,15,31-32H,8-9,12-13H2,(H,26,28). The van der Waals surface area contributed by atoms with Gasteiger partial charge in [0.2, 0.25) is 0 Å². The van der Waals surface area contributed by atoms with E-state index in [-0.39, 0.29) is 12.2 Å². The zero-order valence-corrected chi connectivity index (χ0v) is 19.0. The van der Waals surface area contributed by atoms with Gasteiger partial charge < -0.3 is 15.5 Å².